The van der Waals surface area contributed by atoms with Gasteiger partial charge in [0.2, 0.25) is 0 Å². The third kappa shape index (κ3) is 2.48. The van der Waals surface area contributed by atoms with Crippen LogP contribution in [0.4, 0.5) is 0 Å². The maximum atomic E-state index is 12.8. The summed E-state index contributed by atoms with van der Waals surface area (Å²) >= 11 is 0. The van der Waals surface area contributed by atoms with Crippen LogP contribution in [0, 0.1) is 0 Å². The van der Waals surface area contributed by atoms with E-state index in [9.17, 15) is 14.4 Å². The Labute approximate surface area is 181 Å². The third-order valence-corrected chi connectivity index (χ3v) is 7.51. The second-order valence-corrected chi connectivity index (χ2v) is 9.37. The molecule has 0 bridgehead atoms. The Hall–Kier alpha value is -3.13. The monoisotopic (exact) mass is 423 g/mol. The highest BCUT2D eigenvalue weighted by atomic mass is 16.7. The standard InChI is InChI=1S/C23H26BNO6/c1-22(2)20(27)30-24(25(22,5)23(3,4)21(28)31-24)18-13-11-16(12-14-18)15-7-9-17(10-8-15)19(26)29-6/h7-14H,1-6H3. The van der Waals surface area contributed by atoms with Gasteiger partial charge in [0.1, 0.15) is 0 Å². The summed E-state index contributed by atoms with van der Waals surface area (Å²) in [6.07, 6.45) is 0. The number of likely N-dealkylation sites (N-methyl/N-ethyl adjacent to an activating group) is 1. The highest BCUT2D eigenvalue weighted by molar-refractivity contribution is 6.79. The number of ether oxygens (including phenoxy) is 1. The van der Waals surface area contributed by atoms with Gasteiger partial charge in [0.15, 0.2) is 11.1 Å². The number of methoxy groups -OCH3 is 1. The smallest absolute Gasteiger partial charge is 0.596 e. The van der Waals surface area contributed by atoms with Gasteiger partial charge in [0.25, 0.3) is 0 Å². The molecule has 2 aliphatic rings. The van der Waals surface area contributed by atoms with Crippen molar-refractivity contribution < 1.29 is 32.8 Å². The number of hydrogen-bond donors (Lipinski definition) is 0. The molecule has 0 unspecified atom stereocenters. The molecule has 0 atom stereocenters. The number of nitrogens with zero attached hydrogens (tertiary/aromatic N) is 1. The van der Waals surface area contributed by atoms with Crippen molar-refractivity contribution in [2.75, 3.05) is 14.2 Å². The molecule has 2 fully saturated rings. The van der Waals surface area contributed by atoms with E-state index in [1.165, 1.54) is 7.11 Å². The Morgan fingerprint density at radius 2 is 1.26 bits per heavy atom. The zero-order valence-corrected chi connectivity index (χ0v) is 18.6. The van der Waals surface area contributed by atoms with Crippen LogP contribution in [0.25, 0.3) is 11.1 Å². The lowest BCUT2D eigenvalue weighted by Crippen LogP contribution is -2.77. The molecule has 0 radical (unpaired) electrons. The van der Waals surface area contributed by atoms with E-state index in [-0.39, 0.29) is 4.39 Å². The molecular weight excluding hydrogens is 397 g/mol. The molecule has 0 aromatic heterocycles. The average Bonchev–Trinajstić information content (AvgIpc) is 3.02. The molecule has 2 aromatic rings. The predicted molar refractivity (Wildman–Crippen MR) is 115 cm³/mol. The lowest BCUT2D eigenvalue weighted by atomic mass is 9.58. The number of fused-ring (bicyclic) bond motifs is 1. The van der Waals surface area contributed by atoms with Gasteiger partial charge >= 0.3 is 24.6 Å². The highest BCUT2D eigenvalue weighted by Gasteiger charge is 2.80. The Kier molecular flexibility index (Phi) is 4.38. The van der Waals surface area contributed by atoms with E-state index >= 15 is 0 Å². The molecule has 0 N–H and O–H groups in total. The Morgan fingerprint density at radius 3 is 1.68 bits per heavy atom. The number of carbonyl (C=O) groups excluding carboxylic acids is 3. The number of esters is 1. The summed E-state index contributed by atoms with van der Waals surface area (Å²) < 4.78 is 16.5. The van der Waals surface area contributed by atoms with Gasteiger partial charge in [-0.25, -0.2) is 14.4 Å². The van der Waals surface area contributed by atoms with Crippen LogP contribution in [0.15, 0.2) is 48.5 Å². The number of quaternary nitrogens is 1. The Morgan fingerprint density at radius 1 is 0.839 bits per heavy atom. The van der Waals surface area contributed by atoms with Crippen LogP contribution >= 0.6 is 0 Å². The van der Waals surface area contributed by atoms with Gasteiger partial charge in [-0.3, -0.25) is 0 Å². The molecule has 0 saturated carbocycles. The van der Waals surface area contributed by atoms with E-state index in [0.29, 0.717) is 11.0 Å². The molecule has 0 spiro atoms. The molecule has 7 nitrogen and oxygen atoms in total. The van der Waals surface area contributed by atoms with Crippen LogP contribution < -0.4 is 5.46 Å². The number of benzene rings is 2. The molecule has 0 amide bonds. The van der Waals surface area contributed by atoms with E-state index in [0.717, 1.165) is 11.1 Å². The maximum Gasteiger partial charge on any atom is 0.615 e. The molecule has 2 heterocycles. The van der Waals surface area contributed by atoms with Crippen molar-refractivity contribution in [3.63, 3.8) is 0 Å². The average molecular weight is 423 g/mol. The topological polar surface area (TPSA) is 78.9 Å². The van der Waals surface area contributed by atoms with E-state index in [2.05, 4.69) is 0 Å². The van der Waals surface area contributed by atoms with E-state index in [4.69, 9.17) is 14.0 Å². The van der Waals surface area contributed by atoms with Crippen molar-refractivity contribution in [1.82, 2.24) is 0 Å². The van der Waals surface area contributed by atoms with Crippen molar-refractivity contribution in [1.29, 1.82) is 0 Å². The molecule has 2 saturated heterocycles. The van der Waals surface area contributed by atoms with Gasteiger partial charge in [0.05, 0.1) is 12.7 Å². The summed E-state index contributed by atoms with van der Waals surface area (Å²) in [4.78, 5) is 37.3. The quantitative estimate of drug-likeness (QED) is 0.558. The molecule has 31 heavy (non-hydrogen) atoms. The minimum atomic E-state index is -2.41. The maximum absolute atomic E-state index is 12.8. The zero-order valence-electron chi connectivity index (χ0n) is 18.6. The summed E-state index contributed by atoms with van der Waals surface area (Å²) in [6.45, 7) is 4.75. The number of rotatable bonds is 3. The lowest BCUT2D eigenvalue weighted by molar-refractivity contribution is -0.885. The molecule has 162 valence electrons. The largest absolute Gasteiger partial charge is 0.615 e. The first-order valence-electron chi connectivity index (χ1n) is 10.2. The van der Waals surface area contributed by atoms with Crippen LogP contribution in [0.3, 0.4) is 0 Å². The highest BCUT2D eigenvalue weighted by Crippen LogP contribution is 2.51. The SMILES string of the molecule is COC(=O)c1ccc(-c2ccc([B-]34OC(=O)C(C)(C)[N+]3(C)C(C)(C)C(=O)O4)cc2)cc1. The van der Waals surface area contributed by atoms with E-state index in [1.807, 2.05) is 43.4 Å². The summed E-state index contributed by atoms with van der Waals surface area (Å²) in [5.41, 5.74) is 1.02. The third-order valence-electron chi connectivity index (χ3n) is 7.51. The lowest BCUT2D eigenvalue weighted by Gasteiger charge is -2.54. The van der Waals surface area contributed by atoms with Crippen LogP contribution in [0.5, 0.6) is 0 Å². The zero-order chi connectivity index (χ0) is 22.8. The van der Waals surface area contributed by atoms with Gasteiger partial charge < -0.3 is 18.4 Å². The fraction of sp³-hybridized carbons (Fsp3) is 0.348. The van der Waals surface area contributed by atoms with E-state index in [1.54, 1.807) is 39.8 Å². The molecule has 2 aromatic carbocycles. The summed E-state index contributed by atoms with van der Waals surface area (Å²) in [6, 6.07) is 14.5. The van der Waals surface area contributed by atoms with Crippen LogP contribution in [0.1, 0.15) is 38.1 Å². The van der Waals surface area contributed by atoms with Crippen molar-refractivity contribution in [2.45, 2.75) is 38.8 Å². The fourth-order valence-corrected chi connectivity index (χ4v) is 5.01. The first-order valence-corrected chi connectivity index (χ1v) is 10.2. The molecule has 4 rings (SSSR count). The summed E-state index contributed by atoms with van der Waals surface area (Å²) in [5, 5.41) is 0. The van der Waals surface area contributed by atoms with Crippen LogP contribution in [-0.2, 0) is 23.6 Å². The van der Waals surface area contributed by atoms with Crippen LogP contribution in [-0.4, -0.2) is 54.2 Å². The van der Waals surface area contributed by atoms with Gasteiger partial charge in [-0.2, -0.15) is 0 Å². The molecule has 2 aliphatic heterocycles. The Bertz CT molecular complexity index is 1060. The van der Waals surface area contributed by atoms with Gasteiger partial charge in [-0.05, 0) is 51.0 Å². The second kappa shape index (κ2) is 6.44. The second-order valence-electron chi connectivity index (χ2n) is 9.37. The van der Waals surface area contributed by atoms with Crippen LogP contribution in [0.2, 0.25) is 0 Å². The van der Waals surface area contributed by atoms with Crippen molar-refractivity contribution in [3.8, 4) is 11.1 Å². The van der Waals surface area contributed by atoms with Crippen molar-refractivity contribution in [2.24, 2.45) is 0 Å². The molecule has 0 aliphatic carbocycles. The van der Waals surface area contributed by atoms with Crippen molar-refractivity contribution >= 4 is 30.1 Å². The predicted octanol–water partition coefficient (Wildman–Crippen LogP) is 2.40. The minimum Gasteiger partial charge on any atom is -0.596 e. The van der Waals surface area contributed by atoms with Gasteiger partial charge in [-0.15, -0.1) is 0 Å². The first kappa shape index (κ1) is 21.1. The van der Waals surface area contributed by atoms with Gasteiger partial charge in [0, 0.05) is 7.05 Å². The van der Waals surface area contributed by atoms with Crippen molar-refractivity contribution in [3.05, 3.63) is 54.1 Å². The number of hydrogen-bond acceptors (Lipinski definition) is 6. The Balaban J connectivity index is 1.76. The first-order chi connectivity index (χ1) is 14.4. The number of carbonyl (C=O) groups is 3. The fourth-order valence-electron chi connectivity index (χ4n) is 5.01. The molecular formula is C23H26BNO6. The molecule has 8 heteroatoms. The normalized spacial score (nSPS) is 27.9. The minimum absolute atomic E-state index is 0.0187. The van der Waals surface area contributed by atoms with Gasteiger partial charge in [-0.1, -0.05) is 41.9 Å². The summed E-state index contributed by atoms with van der Waals surface area (Å²) in [5.74, 6) is -1.17. The summed E-state index contributed by atoms with van der Waals surface area (Å²) in [7, 11) is 3.20. The van der Waals surface area contributed by atoms with E-state index < -0.39 is 35.7 Å².